The molecule has 2 aromatic heterocycles. The van der Waals surface area contributed by atoms with E-state index in [0.717, 1.165) is 36.1 Å². The molecule has 6 heteroatoms. The first-order valence-electron chi connectivity index (χ1n) is 8.38. The molecule has 3 rings (SSSR count). The first kappa shape index (κ1) is 16.2. The summed E-state index contributed by atoms with van der Waals surface area (Å²) in [6.45, 7) is 2.63. The third kappa shape index (κ3) is 3.32. The molecular formula is C18H23N5O. The SMILES string of the molecule is CC[C@H](C(=O)NCCCc1nc2ccccc2n1C)n1cccn1. The van der Waals surface area contributed by atoms with E-state index in [1.54, 1.807) is 10.9 Å². The maximum absolute atomic E-state index is 12.3. The number of hydrogen-bond donors (Lipinski definition) is 1. The summed E-state index contributed by atoms with van der Waals surface area (Å²) in [7, 11) is 2.04. The Morgan fingerprint density at radius 3 is 2.83 bits per heavy atom. The summed E-state index contributed by atoms with van der Waals surface area (Å²) in [6, 6.07) is 9.71. The van der Waals surface area contributed by atoms with Crippen molar-refractivity contribution in [1.29, 1.82) is 0 Å². The second-order valence-corrected chi connectivity index (χ2v) is 5.88. The lowest BCUT2D eigenvalue weighted by Gasteiger charge is -2.15. The van der Waals surface area contributed by atoms with Crippen molar-refractivity contribution >= 4 is 16.9 Å². The number of imidazole rings is 1. The Morgan fingerprint density at radius 1 is 1.29 bits per heavy atom. The van der Waals surface area contributed by atoms with Gasteiger partial charge in [-0.25, -0.2) is 4.98 Å². The van der Waals surface area contributed by atoms with Gasteiger partial charge in [0.25, 0.3) is 0 Å². The van der Waals surface area contributed by atoms with Gasteiger partial charge in [-0.1, -0.05) is 19.1 Å². The van der Waals surface area contributed by atoms with E-state index in [1.165, 1.54) is 0 Å². The molecule has 0 spiro atoms. The molecule has 1 N–H and O–H groups in total. The molecule has 24 heavy (non-hydrogen) atoms. The number of benzene rings is 1. The number of carbonyl (C=O) groups is 1. The zero-order valence-corrected chi connectivity index (χ0v) is 14.1. The standard InChI is InChI=1S/C18H23N5O/c1-3-15(23-13-7-12-20-23)18(24)19-11-6-10-17-21-14-8-4-5-9-16(14)22(17)2/h4-5,7-9,12-13,15H,3,6,10-11H2,1-2H3,(H,19,24)/t15-/m1/s1. The van der Waals surface area contributed by atoms with Crippen LogP contribution in [-0.4, -0.2) is 31.8 Å². The normalized spacial score (nSPS) is 12.4. The zero-order valence-electron chi connectivity index (χ0n) is 14.1. The summed E-state index contributed by atoms with van der Waals surface area (Å²) in [5, 5.41) is 7.17. The smallest absolute Gasteiger partial charge is 0.244 e. The Bertz CT molecular complexity index is 806. The van der Waals surface area contributed by atoms with Gasteiger partial charge >= 0.3 is 0 Å². The first-order chi connectivity index (χ1) is 11.7. The van der Waals surface area contributed by atoms with Crippen LogP contribution in [0.5, 0.6) is 0 Å². The van der Waals surface area contributed by atoms with Crippen LogP contribution in [0.15, 0.2) is 42.7 Å². The summed E-state index contributed by atoms with van der Waals surface area (Å²) in [4.78, 5) is 17.0. The number of aromatic nitrogens is 4. The van der Waals surface area contributed by atoms with Crippen molar-refractivity contribution in [2.75, 3.05) is 6.54 Å². The van der Waals surface area contributed by atoms with Gasteiger partial charge in [-0.05, 0) is 31.0 Å². The number of hydrogen-bond acceptors (Lipinski definition) is 3. The molecule has 1 aromatic carbocycles. The second kappa shape index (κ2) is 7.29. The van der Waals surface area contributed by atoms with Gasteiger partial charge in [0.05, 0.1) is 11.0 Å². The van der Waals surface area contributed by atoms with Crippen molar-refractivity contribution in [2.45, 2.75) is 32.2 Å². The van der Waals surface area contributed by atoms with Gasteiger partial charge in [-0.3, -0.25) is 9.48 Å². The average molecular weight is 325 g/mol. The Morgan fingerprint density at radius 2 is 2.12 bits per heavy atom. The van der Waals surface area contributed by atoms with Crippen LogP contribution in [0.25, 0.3) is 11.0 Å². The largest absolute Gasteiger partial charge is 0.354 e. The highest BCUT2D eigenvalue weighted by atomic mass is 16.2. The maximum Gasteiger partial charge on any atom is 0.244 e. The minimum atomic E-state index is -0.240. The fourth-order valence-electron chi connectivity index (χ4n) is 2.95. The fourth-order valence-corrected chi connectivity index (χ4v) is 2.95. The number of amides is 1. The number of rotatable bonds is 7. The maximum atomic E-state index is 12.3. The molecular weight excluding hydrogens is 302 g/mol. The monoisotopic (exact) mass is 325 g/mol. The van der Waals surface area contributed by atoms with E-state index < -0.39 is 0 Å². The number of nitrogens with one attached hydrogen (secondary N) is 1. The van der Waals surface area contributed by atoms with E-state index in [4.69, 9.17) is 0 Å². The molecule has 0 saturated carbocycles. The summed E-state index contributed by atoms with van der Waals surface area (Å²) >= 11 is 0. The molecule has 3 aromatic rings. The third-order valence-electron chi connectivity index (χ3n) is 4.29. The summed E-state index contributed by atoms with van der Waals surface area (Å²) in [5.41, 5.74) is 2.16. The highest BCUT2D eigenvalue weighted by Crippen LogP contribution is 2.15. The topological polar surface area (TPSA) is 64.7 Å². The Labute approximate surface area is 141 Å². The molecule has 1 amide bonds. The van der Waals surface area contributed by atoms with Gasteiger partial charge in [0.15, 0.2) is 0 Å². The van der Waals surface area contributed by atoms with Crippen LogP contribution in [0.4, 0.5) is 0 Å². The fraction of sp³-hybridized carbons (Fsp3) is 0.389. The Balaban J connectivity index is 1.53. The zero-order chi connectivity index (χ0) is 16.9. The molecule has 126 valence electrons. The van der Waals surface area contributed by atoms with Crippen molar-refractivity contribution in [3.05, 3.63) is 48.5 Å². The lowest BCUT2D eigenvalue weighted by Crippen LogP contribution is -2.33. The minimum absolute atomic E-state index is 0.0196. The van der Waals surface area contributed by atoms with Crippen molar-refractivity contribution in [3.63, 3.8) is 0 Å². The third-order valence-corrected chi connectivity index (χ3v) is 4.29. The van der Waals surface area contributed by atoms with Crippen LogP contribution in [0.3, 0.4) is 0 Å². The Hall–Kier alpha value is -2.63. The van der Waals surface area contributed by atoms with Gasteiger partial charge in [-0.2, -0.15) is 5.10 Å². The molecule has 0 aliphatic heterocycles. The van der Waals surface area contributed by atoms with E-state index >= 15 is 0 Å². The van der Waals surface area contributed by atoms with Gasteiger partial charge < -0.3 is 9.88 Å². The highest BCUT2D eigenvalue weighted by Gasteiger charge is 2.17. The first-order valence-corrected chi connectivity index (χ1v) is 8.38. The molecule has 1 atom stereocenters. The quantitative estimate of drug-likeness (QED) is 0.679. The molecule has 0 radical (unpaired) electrons. The van der Waals surface area contributed by atoms with Crippen LogP contribution < -0.4 is 5.32 Å². The molecule has 0 aliphatic rings. The van der Waals surface area contributed by atoms with E-state index in [-0.39, 0.29) is 11.9 Å². The van der Waals surface area contributed by atoms with Gasteiger partial charge in [0.1, 0.15) is 11.9 Å². The summed E-state index contributed by atoms with van der Waals surface area (Å²) in [6.07, 6.45) is 5.94. The molecule has 2 heterocycles. The van der Waals surface area contributed by atoms with Gasteiger partial charge in [0.2, 0.25) is 5.91 Å². The van der Waals surface area contributed by atoms with Crippen molar-refractivity contribution in [1.82, 2.24) is 24.6 Å². The predicted molar refractivity (Wildman–Crippen MR) is 93.6 cm³/mol. The number of para-hydroxylation sites is 2. The molecule has 0 aliphatic carbocycles. The van der Waals surface area contributed by atoms with Crippen LogP contribution in [0.2, 0.25) is 0 Å². The van der Waals surface area contributed by atoms with E-state index in [2.05, 4.69) is 26.0 Å². The molecule has 0 bridgehead atoms. The van der Waals surface area contributed by atoms with Gasteiger partial charge in [0, 0.05) is 32.4 Å². The average Bonchev–Trinajstić information content (AvgIpc) is 3.22. The Kier molecular flexibility index (Phi) is 4.93. The van der Waals surface area contributed by atoms with Crippen LogP contribution in [-0.2, 0) is 18.3 Å². The number of fused-ring (bicyclic) bond motifs is 1. The van der Waals surface area contributed by atoms with Crippen molar-refractivity contribution < 1.29 is 4.79 Å². The number of carbonyl (C=O) groups excluding carboxylic acids is 1. The van der Waals surface area contributed by atoms with Crippen molar-refractivity contribution in [3.8, 4) is 0 Å². The summed E-state index contributed by atoms with van der Waals surface area (Å²) < 4.78 is 3.83. The van der Waals surface area contributed by atoms with Crippen molar-refractivity contribution in [2.24, 2.45) is 7.05 Å². The van der Waals surface area contributed by atoms with Crippen LogP contribution in [0, 0.1) is 0 Å². The lowest BCUT2D eigenvalue weighted by atomic mass is 10.2. The summed E-state index contributed by atoms with van der Waals surface area (Å²) in [5.74, 6) is 1.07. The lowest BCUT2D eigenvalue weighted by molar-refractivity contribution is -0.124. The number of aryl methyl sites for hydroxylation is 2. The van der Waals surface area contributed by atoms with Gasteiger partial charge in [-0.15, -0.1) is 0 Å². The predicted octanol–water partition coefficient (Wildman–Crippen LogP) is 2.47. The molecule has 6 nitrogen and oxygen atoms in total. The van der Waals surface area contributed by atoms with Crippen LogP contribution >= 0.6 is 0 Å². The highest BCUT2D eigenvalue weighted by molar-refractivity contribution is 5.80. The molecule has 0 saturated heterocycles. The van der Waals surface area contributed by atoms with Crippen LogP contribution in [0.1, 0.15) is 31.6 Å². The second-order valence-electron chi connectivity index (χ2n) is 5.88. The minimum Gasteiger partial charge on any atom is -0.354 e. The van der Waals surface area contributed by atoms with E-state index in [0.29, 0.717) is 6.54 Å². The van der Waals surface area contributed by atoms with E-state index in [1.807, 2.05) is 44.4 Å². The molecule has 0 unspecified atom stereocenters. The number of nitrogens with zero attached hydrogens (tertiary/aromatic N) is 4. The molecule has 0 fully saturated rings. The van der Waals surface area contributed by atoms with E-state index in [9.17, 15) is 4.79 Å².